The van der Waals surface area contributed by atoms with Crippen LogP contribution in [-0.2, 0) is 13.0 Å². The van der Waals surface area contributed by atoms with Gasteiger partial charge < -0.3 is 5.32 Å². The van der Waals surface area contributed by atoms with E-state index < -0.39 is 0 Å². The summed E-state index contributed by atoms with van der Waals surface area (Å²) in [5.74, 6) is 0. The van der Waals surface area contributed by atoms with Crippen molar-refractivity contribution in [2.45, 2.75) is 33.7 Å². The van der Waals surface area contributed by atoms with Crippen molar-refractivity contribution in [2.24, 2.45) is 5.10 Å². The van der Waals surface area contributed by atoms with Crippen molar-refractivity contribution in [1.29, 1.82) is 0 Å². The van der Waals surface area contributed by atoms with Crippen molar-refractivity contribution in [2.75, 3.05) is 5.32 Å². The lowest BCUT2D eigenvalue weighted by Crippen LogP contribution is -2.29. The monoisotopic (exact) mass is 406 g/mol. The average molecular weight is 407 g/mol. The number of hydrogen-bond acceptors (Lipinski definition) is 4. The van der Waals surface area contributed by atoms with Gasteiger partial charge >= 0.3 is 0 Å². The zero-order valence-corrected chi connectivity index (χ0v) is 17.8. The van der Waals surface area contributed by atoms with E-state index >= 15 is 0 Å². The van der Waals surface area contributed by atoms with Crippen LogP contribution in [-0.4, -0.2) is 20.8 Å². The second-order valence-electron chi connectivity index (χ2n) is 6.87. The molecule has 0 spiro atoms. The van der Waals surface area contributed by atoms with Crippen LogP contribution in [0.5, 0.6) is 0 Å². The molecule has 6 heteroatoms. The highest BCUT2D eigenvalue weighted by molar-refractivity contribution is 7.80. The van der Waals surface area contributed by atoms with E-state index in [0.717, 1.165) is 33.8 Å². The maximum absolute atomic E-state index is 5.70. The van der Waals surface area contributed by atoms with Gasteiger partial charge in [0.15, 0.2) is 5.11 Å². The van der Waals surface area contributed by atoms with Crippen molar-refractivity contribution >= 4 is 39.4 Å². The molecule has 0 unspecified atom stereocenters. The van der Waals surface area contributed by atoms with Gasteiger partial charge in [0, 0.05) is 28.4 Å². The molecule has 0 radical (unpaired) electrons. The van der Waals surface area contributed by atoms with Crippen LogP contribution >= 0.6 is 23.6 Å². The molecule has 0 fully saturated rings. The number of nitrogens with one attached hydrogen (secondary N) is 1. The van der Waals surface area contributed by atoms with Gasteiger partial charge in [-0.25, -0.2) is 5.01 Å². The van der Waals surface area contributed by atoms with Crippen LogP contribution in [0, 0.1) is 13.8 Å². The summed E-state index contributed by atoms with van der Waals surface area (Å²) in [5, 5.41) is 12.0. The van der Waals surface area contributed by atoms with Crippen molar-refractivity contribution in [3.63, 3.8) is 0 Å². The molecule has 142 valence electrons. The third kappa shape index (κ3) is 3.57. The SMILES string of the molecule is CCc1sc2c(c1C)C(c1ccc(C)cc1)=NN(Cc1cccnc1)C(=S)N2. The van der Waals surface area contributed by atoms with E-state index in [9.17, 15) is 0 Å². The summed E-state index contributed by atoms with van der Waals surface area (Å²) >= 11 is 7.47. The number of rotatable bonds is 4. The van der Waals surface area contributed by atoms with Gasteiger partial charge in [0.05, 0.1) is 6.54 Å². The number of hydrogen-bond donors (Lipinski definition) is 1. The Morgan fingerprint density at radius 1 is 1.14 bits per heavy atom. The first kappa shape index (κ1) is 18.8. The van der Waals surface area contributed by atoms with E-state index in [-0.39, 0.29) is 0 Å². The average Bonchev–Trinajstić information content (AvgIpc) is 2.94. The molecule has 1 aliphatic rings. The van der Waals surface area contributed by atoms with Gasteiger partial charge in [-0.05, 0) is 49.7 Å². The lowest BCUT2D eigenvalue weighted by Gasteiger charge is -2.19. The molecule has 0 bridgehead atoms. The van der Waals surface area contributed by atoms with Gasteiger partial charge in [0.1, 0.15) is 10.7 Å². The Labute approximate surface area is 174 Å². The molecular weight excluding hydrogens is 384 g/mol. The van der Waals surface area contributed by atoms with Gasteiger partial charge in [-0.2, -0.15) is 5.10 Å². The summed E-state index contributed by atoms with van der Waals surface area (Å²) < 4.78 is 0. The van der Waals surface area contributed by atoms with Crippen LogP contribution in [0.1, 0.15) is 39.6 Å². The van der Waals surface area contributed by atoms with Gasteiger partial charge in [-0.1, -0.05) is 42.8 Å². The van der Waals surface area contributed by atoms with Crippen LogP contribution in [0.4, 0.5) is 5.00 Å². The molecule has 0 aliphatic carbocycles. The largest absolute Gasteiger partial charge is 0.322 e. The molecule has 0 saturated carbocycles. The van der Waals surface area contributed by atoms with Crippen LogP contribution in [0.3, 0.4) is 0 Å². The van der Waals surface area contributed by atoms with Crippen LogP contribution in [0.15, 0.2) is 53.9 Å². The highest BCUT2D eigenvalue weighted by Crippen LogP contribution is 2.37. The van der Waals surface area contributed by atoms with Crippen molar-refractivity contribution in [1.82, 2.24) is 9.99 Å². The second-order valence-corrected chi connectivity index (χ2v) is 8.36. The number of nitrogens with zero attached hydrogens (tertiary/aromatic N) is 3. The molecule has 0 atom stereocenters. The molecule has 1 aliphatic heterocycles. The smallest absolute Gasteiger partial charge is 0.195 e. The lowest BCUT2D eigenvalue weighted by atomic mass is 9.99. The molecular formula is C22H22N4S2. The third-order valence-corrected chi connectivity index (χ3v) is 6.52. The van der Waals surface area contributed by atoms with Crippen molar-refractivity contribution < 1.29 is 0 Å². The predicted octanol–water partition coefficient (Wildman–Crippen LogP) is 5.29. The highest BCUT2D eigenvalue weighted by Gasteiger charge is 2.26. The van der Waals surface area contributed by atoms with Crippen LogP contribution < -0.4 is 5.32 Å². The number of thiophene rings is 1. The fraction of sp³-hybridized carbons (Fsp3) is 0.227. The standard InChI is InChI=1S/C22H22N4S2/c1-4-18-15(3)19-20(17-9-7-14(2)8-10-17)25-26(22(27)24-21(19)28-18)13-16-6-5-11-23-12-16/h5-12H,4,13H2,1-3H3,(H,24,27). The number of benzene rings is 1. The van der Waals surface area contributed by atoms with Gasteiger partial charge in [-0.3, -0.25) is 4.98 Å². The maximum atomic E-state index is 5.70. The Bertz CT molecular complexity index is 1040. The molecule has 0 saturated heterocycles. The quantitative estimate of drug-likeness (QED) is 0.598. The number of thiocarbonyl (C=S) groups is 1. The first-order valence-corrected chi connectivity index (χ1v) is 10.5. The van der Waals surface area contributed by atoms with E-state index in [1.165, 1.54) is 16.0 Å². The number of hydrazone groups is 1. The van der Waals surface area contributed by atoms with Crippen molar-refractivity contribution in [3.05, 3.63) is 81.5 Å². The van der Waals surface area contributed by atoms with E-state index in [1.807, 2.05) is 23.3 Å². The third-order valence-electron chi connectivity index (χ3n) is 4.86. The topological polar surface area (TPSA) is 40.5 Å². The Hall–Kier alpha value is -2.57. The van der Waals surface area contributed by atoms with E-state index in [2.05, 4.69) is 55.3 Å². The maximum Gasteiger partial charge on any atom is 0.195 e. The first-order valence-electron chi connectivity index (χ1n) is 9.32. The Morgan fingerprint density at radius 2 is 1.93 bits per heavy atom. The van der Waals surface area contributed by atoms with Crippen LogP contribution in [0.25, 0.3) is 0 Å². The summed E-state index contributed by atoms with van der Waals surface area (Å²) in [6.07, 6.45) is 4.62. The Kier molecular flexibility index (Phi) is 5.24. The van der Waals surface area contributed by atoms with Crippen molar-refractivity contribution in [3.8, 4) is 0 Å². The number of aryl methyl sites for hydroxylation is 2. The number of pyridine rings is 1. The summed E-state index contributed by atoms with van der Waals surface area (Å²) in [5.41, 5.74) is 6.78. The molecule has 0 amide bonds. The first-order chi connectivity index (χ1) is 13.6. The van der Waals surface area contributed by atoms with Crippen LogP contribution in [0.2, 0.25) is 0 Å². The molecule has 2 aromatic heterocycles. The second kappa shape index (κ2) is 7.81. The van der Waals surface area contributed by atoms with Gasteiger partial charge in [0.2, 0.25) is 0 Å². The lowest BCUT2D eigenvalue weighted by molar-refractivity contribution is 0.447. The Morgan fingerprint density at radius 3 is 2.61 bits per heavy atom. The van der Waals surface area contributed by atoms with E-state index in [4.69, 9.17) is 17.3 Å². The number of aromatic nitrogens is 1. The highest BCUT2D eigenvalue weighted by atomic mass is 32.1. The molecule has 1 aromatic carbocycles. The molecule has 28 heavy (non-hydrogen) atoms. The molecule has 1 N–H and O–H groups in total. The minimum Gasteiger partial charge on any atom is -0.322 e. The molecule has 4 nitrogen and oxygen atoms in total. The van der Waals surface area contributed by atoms with Gasteiger partial charge in [0.25, 0.3) is 0 Å². The van der Waals surface area contributed by atoms with Gasteiger partial charge in [-0.15, -0.1) is 11.3 Å². The predicted molar refractivity (Wildman–Crippen MR) is 121 cm³/mol. The molecule has 3 aromatic rings. The fourth-order valence-corrected chi connectivity index (χ4v) is 4.75. The molecule has 3 heterocycles. The van der Waals surface area contributed by atoms with E-state index in [1.54, 1.807) is 17.5 Å². The number of fused-ring (bicyclic) bond motifs is 1. The summed E-state index contributed by atoms with van der Waals surface area (Å²) in [7, 11) is 0. The summed E-state index contributed by atoms with van der Waals surface area (Å²) in [6.45, 7) is 7.04. The number of anilines is 1. The summed E-state index contributed by atoms with van der Waals surface area (Å²) in [4.78, 5) is 5.58. The minimum absolute atomic E-state index is 0.573. The normalized spacial score (nSPS) is 13.6. The zero-order valence-electron chi connectivity index (χ0n) is 16.2. The van der Waals surface area contributed by atoms with E-state index in [0.29, 0.717) is 11.7 Å². The zero-order chi connectivity index (χ0) is 19.7. The fourth-order valence-electron chi connectivity index (χ4n) is 3.33. The molecule has 4 rings (SSSR count). The summed E-state index contributed by atoms with van der Waals surface area (Å²) in [6, 6.07) is 12.5. The minimum atomic E-state index is 0.573. The Balaban J connectivity index is 1.85.